The zero-order valence-electron chi connectivity index (χ0n) is 15.0. The summed E-state index contributed by atoms with van der Waals surface area (Å²) in [6.07, 6.45) is -2.32. The van der Waals surface area contributed by atoms with Crippen molar-refractivity contribution in [3.8, 4) is 0 Å². The molecule has 0 saturated carbocycles. The zero-order valence-corrected chi connectivity index (χ0v) is 15.0. The highest BCUT2D eigenvalue weighted by molar-refractivity contribution is 5.87. The average Bonchev–Trinajstić information content (AvgIpc) is 2.57. The van der Waals surface area contributed by atoms with Crippen LogP contribution < -0.4 is 5.32 Å². The van der Waals surface area contributed by atoms with E-state index in [-0.39, 0.29) is 12.0 Å². The number of hydrogen-bond acceptors (Lipinski definition) is 7. The number of allylic oxidation sites excluding steroid dienone is 1. The predicted octanol–water partition coefficient (Wildman–Crippen LogP) is -0.700. The van der Waals surface area contributed by atoms with Gasteiger partial charge in [0.25, 0.3) is 0 Å². The van der Waals surface area contributed by atoms with E-state index >= 15 is 0 Å². The van der Waals surface area contributed by atoms with E-state index in [4.69, 9.17) is 14.6 Å². The van der Waals surface area contributed by atoms with Crippen LogP contribution in [0.3, 0.4) is 0 Å². The Morgan fingerprint density at radius 3 is 2.48 bits per heavy atom. The summed E-state index contributed by atoms with van der Waals surface area (Å²) in [5.41, 5.74) is 0. The normalized spacial score (nSPS) is 31.4. The van der Waals surface area contributed by atoms with E-state index in [0.717, 1.165) is 0 Å². The van der Waals surface area contributed by atoms with Crippen LogP contribution in [0.25, 0.3) is 0 Å². The first-order valence-corrected chi connectivity index (χ1v) is 8.66. The molecule has 1 amide bonds. The fourth-order valence-corrected chi connectivity index (χ4v) is 2.36. The molecular formula is C17H31NO7. The third-order valence-corrected chi connectivity index (χ3v) is 3.91. The van der Waals surface area contributed by atoms with Gasteiger partial charge in [0.1, 0.15) is 24.4 Å². The fourth-order valence-electron chi connectivity index (χ4n) is 2.36. The zero-order chi connectivity index (χ0) is 19.0. The molecule has 146 valence electrons. The van der Waals surface area contributed by atoms with E-state index in [1.165, 1.54) is 6.08 Å². The highest BCUT2D eigenvalue weighted by Gasteiger charge is 2.44. The Bertz CT molecular complexity index is 427. The predicted molar refractivity (Wildman–Crippen MR) is 90.5 cm³/mol. The molecule has 25 heavy (non-hydrogen) atoms. The molecule has 6 atom stereocenters. The van der Waals surface area contributed by atoms with Crippen molar-refractivity contribution in [1.29, 1.82) is 0 Å². The van der Waals surface area contributed by atoms with Gasteiger partial charge in [0, 0.05) is 6.54 Å². The number of amides is 1. The van der Waals surface area contributed by atoms with E-state index in [1.807, 2.05) is 13.8 Å². The Balaban J connectivity index is 2.36. The molecule has 5 N–H and O–H groups in total. The molecule has 0 aromatic rings. The Hall–Kier alpha value is -1.03. The van der Waals surface area contributed by atoms with E-state index in [9.17, 15) is 20.1 Å². The second-order valence-electron chi connectivity index (χ2n) is 6.76. The van der Waals surface area contributed by atoms with Crippen LogP contribution in [-0.4, -0.2) is 76.3 Å². The number of rotatable bonds is 9. The topological polar surface area (TPSA) is 128 Å². The van der Waals surface area contributed by atoms with Crippen molar-refractivity contribution in [3.63, 3.8) is 0 Å². The van der Waals surface area contributed by atoms with Gasteiger partial charge in [0.15, 0.2) is 6.29 Å². The van der Waals surface area contributed by atoms with Crippen LogP contribution in [0, 0.1) is 5.92 Å². The van der Waals surface area contributed by atoms with Crippen LogP contribution in [0.15, 0.2) is 12.2 Å². The second kappa shape index (κ2) is 10.8. The molecule has 8 nitrogen and oxygen atoms in total. The minimum absolute atomic E-state index is 0.142. The summed E-state index contributed by atoms with van der Waals surface area (Å²) in [5, 5.41) is 41.3. The quantitative estimate of drug-likeness (QED) is 0.344. The summed E-state index contributed by atoms with van der Waals surface area (Å²) >= 11 is 0. The standard InChI is InChI=1S/C17H31NO7/c1-10(2)8-18-13(20)7-5-4-6-11(3)24-17-16(23)15(22)14(21)12(9-19)25-17/h5,7,10-12,14-17,19,21-23H,4,6,8-9H2,1-3H3,(H,18,20)/b7-5+/t11-,12+,14+,15-,16-,17?/m1/s1. The van der Waals surface area contributed by atoms with Gasteiger partial charge < -0.3 is 35.2 Å². The van der Waals surface area contributed by atoms with E-state index in [1.54, 1.807) is 13.0 Å². The number of carbonyl (C=O) groups is 1. The molecule has 0 radical (unpaired) electrons. The first kappa shape index (κ1) is 22.0. The monoisotopic (exact) mass is 361 g/mol. The van der Waals surface area contributed by atoms with Gasteiger partial charge >= 0.3 is 0 Å². The molecule has 1 rings (SSSR count). The molecule has 0 spiro atoms. The van der Waals surface area contributed by atoms with Crippen LogP contribution in [0.1, 0.15) is 33.6 Å². The smallest absolute Gasteiger partial charge is 0.243 e. The summed E-state index contributed by atoms with van der Waals surface area (Å²) in [5.74, 6) is 0.250. The average molecular weight is 361 g/mol. The lowest BCUT2D eigenvalue weighted by molar-refractivity contribution is -0.310. The highest BCUT2D eigenvalue weighted by atomic mass is 16.7. The lowest BCUT2D eigenvalue weighted by Gasteiger charge is -2.40. The van der Waals surface area contributed by atoms with Gasteiger partial charge in [-0.3, -0.25) is 4.79 Å². The van der Waals surface area contributed by atoms with E-state index < -0.39 is 37.3 Å². The maximum atomic E-state index is 11.5. The molecule has 8 heteroatoms. The van der Waals surface area contributed by atoms with Crippen LogP contribution in [0.5, 0.6) is 0 Å². The van der Waals surface area contributed by atoms with Crippen molar-refractivity contribution in [2.45, 2.75) is 70.4 Å². The number of ether oxygens (including phenoxy) is 2. The molecule has 1 aliphatic rings. The number of hydrogen-bond donors (Lipinski definition) is 5. The van der Waals surface area contributed by atoms with Crippen molar-refractivity contribution in [2.24, 2.45) is 5.92 Å². The summed E-state index contributed by atoms with van der Waals surface area (Å²) in [6, 6.07) is 0. The van der Waals surface area contributed by atoms with Crippen LogP contribution in [0.2, 0.25) is 0 Å². The van der Waals surface area contributed by atoms with Crippen molar-refractivity contribution in [1.82, 2.24) is 5.32 Å². The molecule has 1 aliphatic heterocycles. The van der Waals surface area contributed by atoms with Gasteiger partial charge in [-0.1, -0.05) is 19.9 Å². The van der Waals surface area contributed by atoms with Gasteiger partial charge in [0.05, 0.1) is 12.7 Å². The summed E-state index contributed by atoms with van der Waals surface area (Å²) in [4.78, 5) is 11.5. The third kappa shape index (κ3) is 7.39. The molecule has 1 heterocycles. The maximum absolute atomic E-state index is 11.5. The van der Waals surface area contributed by atoms with Gasteiger partial charge in [0.2, 0.25) is 5.91 Å². The van der Waals surface area contributed by atoms with Crippen molar-refractivity contribution >= 4 is 5.91 Å². The Morgan fingerprint density at radius 2 is 1.88 bits per heavy atom. The first-order chi connectivity index (χ1) is 11.8. The van der Waals surface area contributed by atoms with Crippen LogP contribution in [0.4, 0.5) is 0 Å². The van der Waals surface area contributed by atoms with Gasteiger partial charge in [-0.15, -0.1) is 0 Å². The lowest BCUT2D eigenvalue weighted by Crippen LogP contribution is -2.59. The lowest BCUT2D eigenvalue weighted by atomic mass is 9.99. The van der Waals surface area contributed by atoms with Crippen molar-refractivity contribution in [3.05, 3.63) is 12.2 Å². The van der Waals surface area contributed by atoms with E-state index in [2.05, 4.69) is 5.32 Å². The fraction of sp³-hybridized carbons (Fsp3) is 0.824. The molecule has 0 aromatic heterocycles. The van der Waals surface area contributed by atoms with Gasteiger partial charge in [-0.25, -0.2) is 0 Å². The first-order valence-electron chi connectivity index (χ1n) is 8.66. The summed E-state index contributed by atoms with van der Waals surface area (Å²) < 4.78 is 10.8. The van der Waals surface area contributed by atoms with Crippen LogP contribution in [-0.2, 0) is 14.3 Å². The minimum atomic E-state index is -1.45. The molecular weight excluding hydrogens is 330 g/mol. The third-order valence-electron chi connectivity index (χ3n) is 3.91. The SMILES string of the molecule is CC(C)CNC(=O)/C=C/CC[C@@H](C)OC1O[C@@H](CO)[C@H](O)[C@@H](O)[C@H]1O. The van der Waals surface area contributed by atoms with E-state index in [0.29, 0.717) is 25.3 Å². The second-order valence-corrected chi connectivity index (χ2v) is 6.76. The molecule has 1 fully saturated rings. The molecule has 1 saturated heterocycles. The van der Waals surface area contributed by atoms with Gasteiger partial charge in [-0.2, -0.15) is 0 Å². The number of aliphatic hydroxyl groups excluding tert-OH is 4. The number of nitrogens with one attached hydrogen (secondary N) is 1. The summed E-state index contributed by atoms with van der Waals surface area (Å²) in [6.45, 7) is 5.94. The Labute approximate surface area is 148 Å². The van der Waals surface area contributed by atoms with Crippen LogP contribution >= 0.6 is 0 Å². The maximum Gasteiger partial charge on any atom is 0.243 e. The Morgan fingerprint density at radius 1 is 1.20 bits per heavy atom. The Kier molecular flexibility index (Phi) is 9.55. The number of aliphatic hydroxyl groups is 4. The highest BCUT2D eigenvalue weighted by Crippen LogP contribution is 2.23. The molecule has 0 aromatic carbocycles. The summed E-state index contributed by atoms with van der Waals surface area (Å²) in [7, 11) is 0. The van der Waals surface area contributed by atoms with Crippen molar-refractivity contribution in [2.75, 3.05) is 13.2 Å². The number of carbonyl (C=O) groups excluding carboxylic acids is 1. The minimum Gasteiger partial charge on any atom is -0.394 e. The largest absolute Gasteiger partial charge is 0.394 e. The molecule has 0 bridgehead atoms. The molecule has 1 unspecified atom stereocenters. The molecule has 0 aliphatic carbocycles. The van der Waals surface area contributed by atoms with Gasteiger partial charge in [-0.05, 0) is 31.8 Å². The van der Waals surface area contributed by atoms with Crippen molar-refractivity contribution < 1.29 is 34.7 Å².